The number of rotatable bonds is 3. The maximum atomic E-state index is 12.8. The molecule has 1 saturated heterocycles. The summed E-state index contributed by atoms with van der Waals surface area (Å²) >= 11 is 1.49. The van der Waals surface area contributed by atoms with Crippen molar-refractivity contribution in [3.05, 3.63) is 29.8 Å². The van der Waals surface area contributed by atoms with Crippen molar-refractivity contribution in [2.75, 3.05) is 18.8 Å². The van der Waals surface area contributed by atoms with E-state index in [0.717, 1.165) is 11.3 Å². The molecule has 1 aromatic rings. The predicted molar refractivity (Wildman–Crippen MR) is 91.0 cm³/mol. The number of carbonyl (C=O) groups excluding carboxylic acids is 1. The van der Waals surface area contributed by atoms with Gasteiger partial charge in [-0.25, -0.2) is 8.42 Å². The molecule has 2 aliphatic rings. The molecule has 0 bridgehead atoms. The maximum absolute atomic E-state index is 12.8. The van der Waals surface area contributed by atoms with Crippen LogP contribution in [0.15, 0.2) is 34.2 Å². The van der Waals surface area contributed by atoms with Crippen LogP contribution in [0.25, 0.3) is 0 Å². The number of hydrogen-bond donors (Lipinski definition) is 1. The minimum absolute atomic E-state index is 0.232. The van der Waals surface area contributed by atoms with Crippen LogP contribution >= 0.6 is 11.8 Å². The molecule has 6 nitrogen and oxygen atoms in total. The van der Waals surface area contributed by atoms with Gasteiger partial charge in [0, 0.05) is 12.3 Å². The molecule has 1 atom stereocenters. The summed E-state index contributed by atoms with van der Waals surface area (Å²) < 4.78 is 26.9. The lowest BCUT2D eigenvalue weighted by Crippen LogP contribution is -2.46. The summed E-state index contributed by atoms with van der Waals surface area (Å²) in [7, 11) is -3.66. The Bertz CT molecular complexity index is 729. The Balaban J connectivity index is 1.80. The van der Waals surface area contributed by atoms with Gasteiger partial charge in [-0.3, -0.25) is 9.79 Å². The van der Waals surface area contributed by atoms with Crippen LogP contribution < -0.4 is 5.32 Å². The molecule has 0 aromatic heterocycles. The zero-order valence-electron chi connectivity index (χ0n) is 12.9. The fraction of sp³-hybridized carbons (Fsp3) is 0.467. The van der Waals surface area contributed by atoms with E-state index in [1.165, 1.54) is 16.1 Å². The van der Waals surface area contributed by atoms with Crippen LogP contribution in [0.4, 0.5) is 0 Å². The van der Waals surface area contributed by atoms with Crippen LogP contribution in [0.5, 0.6) is 0 Å². The number of benzene rings is 1. The molecule has 23 heavy (non-hydrogen) atoms. The van der Waals surface area contributed by atoms with E-state index in [4.69, 9.17) is 0 Å². The summed E-state index contributed by atoms with van der Waals surface area (Å²) in [5.74, 6) is 0.567. The van der Waals surface area contributed by atoms with Gasteiger partial charge in [0.25, 0.3) is 0 Å². The van der Waals surface area contributed by atoms with Crippen LogP contribution in [0.1, 0.15) is 18.4 Å². The Morgan fingerprint density at radius 3 is 2.74 bits per heavy atom. The fourth-order valence-corrected chi connectivity index (χ4v) is 5.12. The van der Waals surface area contributed by atoms with Gasteiger partial charge in [0.1, 0.15) is 6.04 Å². The molecular formula is C15H19N3O3S2. The summed E-state index contributed by atoms with van der Waals surface area (Å²) in [6.07, 6.45) is 1.22. The number of amidine groups is 1. The van der Waals surface area contributed by atoms with Crippen molar-refractivity contribution in [2.24, 2.45) is 4.99 Å². The highest BCUT2D eigenvalue weighted by atomic mass is 32.2. The highest BCUT2D eigenvalue weighted by Gasteiger charge is 2.39. The van der Waals surface area contributed by atoms with Crippen molar-refractivity contribution in [1.29, 1.82) is 0 Å². The lowest BCUT2D eigenvalue weighted by Gasteiger charge is -2.23. The number of sulfonamides is 1. The fourth-order valence-electron chi connectivity index (χ4n) is 2.73. The first-order valence-electron chi connectivity index (χ1n) is 7.55. The number of aliphatic imine (C=N–C) groups is 1. The average Bonchev–Trinajstić information content (AvgIpc) is 3.19. The second kappa shape index (κ2) is 6.62. The third-order valence-electron chi connectivity index (χ3n) is 3.95. The molecule has 1 N–H and O–H groups in total. The van der Waals surface area contributed by atoms with E-state index in [9.17, 15) is 13.2 Å². The molecule has 0 unspecified atom stereocenters. The molecule has 2 heterocycles. The Kier molecular flexibility index (Phi) is 4.74. The molecule has 8 heteroatoms. The van der Waals surface area contributed by atoms with Gasteiger partial charge < -0.3 is 5.32 Å². The van der Waals surface area contributed by atoms with Gasteiger partial charge in [-0.15, -0.1) is 0 Å². The van der Waals surface area contributed by atoms with E-state index < -0.39 is 16.1 Å². The topological polar surface area (TPSA) is 78.8 Å². The summed E-state index contributed by atoms with van der Waals surface area (Å²) in [5.41, 5.74) is 0.996. The predicted octanol–water partition coefficient (Wildman–Crippen LogP) is 1.37. The van der Waals surface area contributed by atoms with Gasteiger partial charge in [-0.05, 0) is 31.9 Å². The largest absolute Gasteiger partial charge is 0.304 e. The quantitative estimate of drug-likeness (QED) is 0.890. The van der Waals surface area contributed by atoms with Gasteiger partial charge >= 0.3 is 0 Å². The lowest BCUT2D eigenvalue weighted by atomic mass is 10.2. The molecule has 2 aliphatic heterocycles. The highest BCUT2D eigenvalue weighted by molar-refractivity contribution is 8.14. The first-order valence-corrected chi connectivity index (χ1v) is 9.98. The molecule has 3 rings (SSSR count). The molecule has 0 saturated carbocycles. The normalized spacial score (nSPS) is 22.1. The minimum atomic E-state index is -3.66. The monoisotopic (exact) mass is 353 g/mol. The van der Waals surface area contributed by atoms with Crippen molar-refractivity contribution < 1.29 is 13.2 Å². The van der Waals surface area contributed by atoms with E-state index in [2.05, 4.69) is 10.3 Å². The Morgan fingerprint density at radius 1 is 1.35 bits per heavy atom. The number of thioether (sulfide) groups is 1. The van der Waals surface area contributed by atoms with Gasteiger partial charge in [0.2, 0.25) is 15.9 Å². The lowest BCUT2D eigenvalue weighted by molar-refractivity contribution is -0.122. The smallest absolute Gasteiger partial charge is 0.244 e. The molecule has 0 radical (unpaired) electrons. The van der Waals surface area contributed by atoms with E-state index in [1.54, 1.807) is 24.3 Å². The summed E-state index contributed by atoms with van der Waals surface area (Å²) in [5, 5.41) is 3.34. The second-order valence-corrected chi connectivity index (χ2v) is 8.59. The zero-order valence-corrected chi connectivity index (χ0v) is 14.5. The number of carbonyl (C=O) groups is 1. The van der Waals surface area contributed by atoms with Crippen molar-refractivity contribution >= 4 is 32.9 Å². The van der Waals surface area contributed by atoms with Crippen LogP contribution in [-0.4, -0.2) is 48.7 Å². The average molecular weight is 353 g/mol. The zero-order chi connectivity index (χ0) is 16.4. The van der Waals surface area contributed by atoms with E-state index in [-0.39, 0.29) is 10.8 Å². The van der Waals surface area contributed by atoms with Crippen LogP contribution in [0.3, 0.4) is 0 Å². The Hall–Kier alpha value is -1.38. The van der Waals surface area contributed by atoms with Gasteiger partial charge in [-0.2, -0.15) is 4.31 Å². The Labute approximate surface area is 140 Å². The molecule has 1 fully saturated rings. The van der Waals surface area contributed by atoms with Crippen molar-refractivity contribution in [1.82, 2.24) is 9.62 Å². The van der Waals surface area contributed by atoms with Crippen LogP contribution in [0.2, 0.25) is 0 Å². The third-order valence-corrected chi connectivity index (χ3v) is 6.76. The molecule has 1 amide bonds. The van der Waals surface area contributed by atoms with Gasteiger partial charge in [-0.1, -0.05) is 29.5 Å². The van der Waals surface area contributed by atoms with Crippen molar-refractivity contribution in [3.8, 4) is 0 Å². The van der Waals surface area contributed by atoms with Crippen LogP contribution in [0, 0.1) is 6.92 Å². The van der Waals surface area contributed by atoms with E-state index in [0.29, 0.717) is 31.1 Å². The molecule has 1 aromatic carbocycles. The standard InChI is InChI=1S/C15H19N3O3S2/c1-11-4-6-12(7-5-11)23(20,21)18-9-2-3-13(18)14(19)17-15-16-8-10-22-15/h4-7,13H,2-3,8-10H2,1H3,(H,16,17,19)/t13-/m1/s1. The number of nitrogens with zero attached hydrogens (tertiary/aromatic N) is 2. The molecular weight excluding hydrogens is 334 g/mol. The maximum Gasteiger partial charge on any atom is 0.244 e. The first-order chi connectivity index (χ1) is 11.0. The summed E-state index contributed by atoms with van der Waals surface area (Å²) in [6, 6.07) is 6.05. The van der Waals surface area contributed by atoms with Crippen molar-refractivity contribution in [2.45, 2.75) is 30.7 Å². The molecule has 124 valence electrons. The highest BCUT2D eigenvalue weighted by Crippen LogP contribution is 2.26. The van der Waals surface area contributed by atoms with Crippen LogP contribution in [-0.2, 0) is 14.8 Å². The van der Waals surface area contributed by atoms with Crippen molar-refractivity contribution in [3.63, 3.8) is 0 Å². The van der Waals surface area contributed by atoms with Gasteiger partial charge in [0.15, 0.2) is 5.17 Å². The molecule has 0 spiro atoms. The number of aryl methyl sites for hydroxylation is 1. The van der Waals surface area contributed by atoms with E-state index in [1.807, 2.05) is 6.92 Å². The Morgan fingerprint density at radius 2 is 2.09 bits per heavy atom. The minimum Gasteiger partial charge on any atom is -0.304 e. The SMILES string of the molecule is Cc1ccc(S(=O)(=O)N2CCC[C@@H]2C(=O)NC2=NCCS2)cc1. The van der Waals surface area contributed by atoms with E-state index >= 15 is 0 Å². The number of hydrogen-bond acceptors (Lipinski definition) is 5. The molecule has 0 aliphatic carbocycles. The summed E-state index contributed by atoms with van der Waals surface area (Å²) in [4.78, 5) is 16.8. The first kappa shape index (κ1) is 16.5. The summed E-state index contributed by atoms with van der Waals surface area (Å²) in [6.45, 7) is 2.97. The van der Waals surface area contributed by atoms with Gasteiger partial charge in [0.05, 0.1) is 11.4 Å². The second-order valence-electron chi connectivity index (χ2n) is 5.61. The number of nitrogens with one attached hydrogen (secondary N) is 1. The number of amides is 1. The third kappa shape index (κ3) is 3.44.